The first-order chi connectivity index (χ1) is 7.29. The Morgan fingerprint density at radius 2 is 2.13 bits per heavy atom. The standard InChI is InChI=1S/C10H16N2S.C2H6/c1-4-11-10(13-5-2)9-7-6-8-12(9)3;1-2/h4-5,9H,1-2,6-8H2,3H3;1-2H3. The minimum absolute atomic E-state index is 0.473. The average Bonchev–Trinajstić information content (AvgIpc) is 2.67. The molecular formula is C12H22N2S. The molecule has 0 aromatic carbocycles. The van der Waals surface area contributed by atoms with Gasteiger partial charge in [-0.1, -0.05) is 38.8 Å². The molecule has 1 fully saturated rings. The van der Waals surface area contributed by atoms with Crippen molar-refractivity contribution in [3.63, 3.8) is 0 Å². The highest BCUT2D eigenvalue weighted by atomic mass is 32.2. The summed E-state index contributed by atoms with van der Waals surface area (Å²) in [6, 6.07) is 0.473. The van der Waals surface area contributed by atoms with E-state index in [0.29, 0.717) is 6.04 Å². The molecule has 1 rings (SSSR count). The van der Waals surface area contributed by atoms with E-state index in [0.717, 1.165) is 5.04 Å². The Morgan fingerprint density at radius 3 is 2.53 bits per heavy atom. The second-order valence-corrected chi connectivity index (χ2v) is 4.06. The fraction of sp³-hybridized carbons (Fsp3) is 0.583. The van der Waals surface area contributed by atoms with Crippen LogP contribution in [0.3, 0.4) is 0 Å². The van der Waals surface area contributed by atoms with Crippen molar-refractivity contribution in [2.24, 2.45) is 4.99 Å². The van der Waals surface area contributed by atoms with Gasteiger partial charge >= 0.3 is 0 Å². The van der Waals surface area contributed by atoms with Crippen LogP contribution in [0.15, 0.2) is 29.8 Å². The van der Waals surface area contributed by atoms with E-state index in [1.165, 1.54) is 19.4 Å². The number of likely N-dealkylation sites (tertiary alicyclic amines) is 1. The smallest absolute Gasteiger partial charge is 0.0944 e. The Labute approximate surface area is 98.2 Å². The second kappa shape index (κ2) is 8.74. The van der Waals surface area contributed by atoms with Crippen molar-refractivity contribution in [3.05, 3.63) is 24.8 Å². The molecule has 1 aliphatic rings. The van der Waals surface area contributed by atoms with Crippen molar-refractivity contribution < 1.29 is 0 Å². The van der Waals surface area contributed by atoms with E-state index in [1.54, 1.807) is 18.0 Å². The van der Waals surface area contributed by atoms with Crippen molar-refractivity contribution in [3.8, 4) is 0 Å². The van der Waals surface area contributed by atoms with Gasteiger partial charge in [-0.25, -0.2) is 0 Å². The molecule has 0 bridgehead atoms. The molecule has 0 spiro atoms. The lowest BCUT2D eigenvalue weighted by atomic mass is 10.2. The first kappa shape index (κ1) is 14.5. The van der Waals surface area contributed by atoms with Gasteiger partial charge in [0.2, 0.25) is 0 Å². The summed E-state index contributed by atoms with van der Waals surface area (Å²) in [5.74, 6) is 0. The van der Waals surface area contributed by atoms with E-state index in [-0.39, 0.29) is 0 Å². The van der Waals surface area contributed by atoms with Crippen molar-refractivity contribution in [2.45, 2.75) is 32.7 Å². The van der Waals surface area contributed by atoms with Crippen molar-refractivity contribution >= 4 is 16.8 Å². The predicted molar refractivity (Wildman–Crippen MR) is 72.4 cm³/mol. The van der Waals surface area contributed by atoms with Gasteiger partial charge < -0.3 is 0 Å². The molecule has 0 radical (unpaired) electrons. The summed E-state index contributed by atoms with van der Waals surface area (Å²) in [5.41, 5.74) is 0. The third kappa shape index (κ3) is 4.67. The zero-order chi connectivity index (χ0) is 11.7. The summed E-state index contributed by atoms with van der Waals surface area (Å²) < 4.78 is 0. The number of hydrogen-bond acceptors (Lipinski definition) is 3. The zero-order valence-corrected chi connectivity index (χ0v) is 10.9. The van der Waals surface area contributed by atoms with Gasteiger partial charge in [0.05, 0.1) is 11.1 Å². The molecule has 1 saturated heterocycles. The molecule has 1 aliphatic heterocycles. The molecule has 0 N–H and O–H groups in total. The molecule has 0 amide bonds. The van der Waals surface area contributed by atoms with Crippen LogP contribution in [0.1, 0.15) is 26.7 Å². The van der Waals surface area contributed by atoms with E-state index >= 15 is 0 Å². The third-order valence-corrected chi connectivity index (χ3v) is 3.01. The molecule has 1 unspecified atom stereocenters. The normalized spacial score (nSPS) is 21.8. The lowest BCUT2D eigenvalue weighted by molar-refractivity contribution is 0.376. The van der Waals surface area contributed by atoms with Crippen LogP contribution in [0.5, 0.6) is 0 Å². The maximum atomic E-state index is 4.28. The molecule has 1 heterocycles. The SMILES string of the molecule is C=CN=C(SC=C)C1CCCN1C.CC. The van der Waals surface area contributed by atoms with Crippen LogP contribution in [0.4, 0.5) is 0 Å². The lowest BCUT2D eigenvalue weighted by Crippen LogP contribution is -2.30. The summed E-state index contributed by atoms with van der Waals surface area (Å²) >= 11 is 1.60. The number of nitrogens with zero attached hydrogens (tertiary/aromatic N) is 2. The number of aliphatic imine (C=N–C) groups is 1. The molecule has 86 valence electrons. The second-order valence-electron chi connectivity index (χ2n) is 3.07. The highest BCUT2D eigenvalue weighted by molar-refractivity contribution is 8.16. The van der Waals surface area contributed by atoms with Crippen molar-refractivity contribution in [1.82, 2.24) is 4.90 Å². The number of hydrogen-bond donors (Lipinski definition) is 0. The monoisotopic (exact) mass is 226 g/mol. The fourth-order valence-corrected chi connectivity index (χ4v) is 2.35. The van der Waals surface area contributed by atoms with Crippen LogP contribution in [0, 0.1) is 0 Å². The quantitative estimate of drug-likeness (QED) is 0.540. The van der Waals surface area contributed by atoms with Crippen LogP contribution in [-0.2, 0) is 0 Å². The van der Waals surface area contributed by atoms with E-state index in [2.05, 4.69) is 30.1 Å². The summed E-state index contributed by atoms with van der Waals surface area (Å²) in [6.07, 6.45) is 4.07. The fourth-order valence-electron chi connectivity index (χ4n) is 1.59. The molecule has 0 aromatic heterocycles. The van der Waals surface area contributed by atoms with Gasteiger partial charge in [0.1, 0.15) is 0 Å². The molecule has 1 atom stereocenters. The summed E-state index contributed by atoms with van der Waals surface area (Å²) in [5, 5.41) is 2.94. The van der Waals surface area contributed by atoms with Gasteiger partial charge in [0.15, 0.2) is 0 Å². The predicted octanol–water partition coefficient (Wildman–Crippen LogP) is 3.53. The summed E-state index contributed by atoms with van der Waals surface area (Å²) in [7, 11) is 2.14. The van der Waals surface area contributed by atoms with Crippen LogP contribution in [-0.4, -0.2) is 29.6 Å². The summed E-state index contributed by atoms with van der Waals surface area (Å²) in [6.45, 7) is 12.5. The maximum absolute atomic E-state index is 4.28. The molecule has 0 aliphatic carbocycles. The van der Waals surface area contributed by atoms with Gasteiger partial charge in [-0.15, -0.1) is 0 Å². The van der Waals surface area contributed by atoms with Gasteiger partial charge in [0.25, 0.3) is 0 Å². The highest BCUT2D eigenvalue weighted by Gasteiger charge is 2.25. The first-order valence-electron chi connectivity index (χ1n) is 5.46. The van der Waals surface area contributed by atoms with Gasteiger partial charge in [-0.2, -0.15) is 0 Å². The third-order valence-electron chi connectivity index (χ3n) is 2.23. The average molecular weight is 226 g/mol. The number of thioether (sulfide) groups is 1. The van der Waals surface area contributed by atoms with Gasteiger partial charge in [-0.3, -0.25) is 9.89 Å². The minimum Gasteiger partial charge on any atom is -0.297 e. The van der Waals surface area contributed by atoms with Crippen molar-refractivity contribution in [2.75, 3.05) is 13.6 Å². The molecule has 0 aromatic rings. The zero-order valence-electron chi connectivity index (χ0n) is 10.1. The van der Waals surface area contributed by atoms with Crippen LogP contribution >= 0.6 is 11.8 Å². The van der Waals surface area contributed by atoms with E-state index in [9.17, 15) is 0 Å². The van der Waals surface area contributed by atoms with Crippen LogP contribution in [0.2, 0.25) is 0 Å². The molecule has 3 heteroatoms. The van der Waals surface area contributed by atoms with Crippen LogP contribution in [0.25, 0.3) is 0 Å². The first-order valence-corrected chi connectivity index (χ1v) is 6.34. The number of rotatable bonds is 3. The Balaban J connectivity index is 0.000000921. The van der Waals surface area contributed by atoms with Crippen molar-refractivity contribution in [1.29, 1.82) is 0 Å². The largest absolute Gasteiger partial charge is 0.297 e. The Bertz CT molecular complexity index is 224. The lowest BCUT2D eigenvalue weighted by Gasteiger charge is -2.19. The summed E-state index contributed by atoms with van der Waals surface area (Å²) in [4.78, 5) is 6.61. The van der Waals surface area contributed by atoms with E-state index in [4.69, 9.17) is 0 Å². The molecule has 15 heavy (non-hydrogen) atoms. The van der Waals surface area contributed by atoms with Gasteiger partial charge in [0, 0.05) is 6.20 Å². The van der Waals surface area contributed by atoms with Crippen LogP contribution < -0.4 is 0 Å². The molecule has 0 saturated carbocycles. The topological polar surface area (TPSA) is 15.6 Å². The molecule has 2 nitrogen and oxygen atoms in total. The van der Waals surface area contributed by atoms with Gasteiger partial charge in [-0.05, 0) is 31.8 Å². The Kier molecular flexibility index (Phi) is 8.43. The minimum atomic E-state index is 0.473. The Morgan fingerprint density at radius 1 is 1.47 bits per heavy atom. The Hall–Kier alpha value is -0.540. The highest BCUT2D eigenvalue weighted by Crippen LogP contribution is 2.22. The van der Waals surface area contributed by atoms with E-state index in [1.807, 2.05) is 19.3 Å². The van der Waals surface area contributed by atoms with E-state index < -0.39 is 0 Å². The maximum Gasteiger partial charge on any atom is 0.0944 e. The molecular weight excluding hydrogens is 204 g/mol.